The third-order valence-electron chi connectivity index (χ3n) is 1.66. The molecule has 15 heavy (non-hydrogen) atoms. The van der Waals surface area contributed by atoms with E-state index in [2.05, 4.69) is 20.6 Å². The van der Waals surface area contributed by atoms with Crippen LogP contribution in [0, 0.1) is 5.82 Å². The van der Waals surface area contributed by atoms with Crippen LogP contribution in [-0.4, -0.2) is 34.3 Å². The maximum Gasteiger partial charge on any atom is 0.224 e. The van der Waals surface area contributed by atoms with Crippen molar-refractivity contribution < 1.29 is 9.50 Å². The van der Waals surface area contributed by atoms with Gasteiger partial charge in [0.25, 0.3) is 0 Å². The lowest BCUT2D eigenvalue weighted by atomic mass is 10.1. The molecule has 6 heteroatoms. The smallest absolute Gasteiger partial charge is 0.224 e. The molecule has 0 amide bonds. The molecule has 0 radical (unpaired) electrons. The van der Waals surface area contributed by atoms with E-state index >= 15 is 0 Å². The molecule has 1 rings (SSSR count). The van der Waals surface area contributed by atoms with Crippen molar-refractivity contribution >= 4 is 11.8 Å². The molecule has 0 unspecified atom stereocenters. The summed E-state index contributed by atoms with van der Waals surface area (Å²) >= 11 is 0. The summed E-state index contributed by atoms with van der Waals surface area (Å²) in [5.41, 5.74) is -0.919. The van der Waals surface area contributed by atoms with Gasteiger partial charge in [0.2, 0.25) is 5.95 Å². The first kappa shape index (κ1) is 11.6. The summed E-state index contributed by atoms with van der Waals surface area (Å²) < 4.78 is 13.2. The summed E-state index contributed by atoms with van der Waals surface area (Å²) in [7, 11) is 1.65. The second kappa shape index (κ2) is 4.39. The van der Waals surface area contributed by atoms with Gasteiger partial charge in [-0.1, -0.05) is 0 Å². The Balaban J connectivity index is 2.75. The molecule has 0 aliphatic carbocycles. The number of rotatable bonds is 4. The molecule has 0 aliphatic rings. The molecule has 5 nitrogen and oxygen atoms in total. The minimum atomic E-state index is -0.919. The number of anilines is 2. The largest absolute Gasteiger partial charge is 0.389 e. The first-order valence-electron chi connectivity index (χ1n) is 4.59. The van der Waals surface area contributed by atoms with Crippen LogP contribution in [0.2, 0.25) is 0 Å². The van der Waals surface area contributed by atoms with Gasteiger partial charge in [-0.05, 0) is 13.8 Å². The molecule has 0 saturated carbocycles. The Labute approximate surface area is 87.8 Å². The third kappa shape index (κ3) is 3.67. The third-order valence-corrected chi connectivity index (χ3v) is 1.66. The summed E-state index contributed by atoms with van der Waals surface area (Å²) in [4.78, 5) is 7.58. The Hall–Kier alpha value is -1.43. The highest BCUT2D eigenvalue weighted by atomic mass is 19.1. The van der Waals surface area contributed by atoms with Crippen LogP contribution in [0.5, 0.6) is 0 Å². The van der Waals surface area contributed by atoms with E-state index in [9.17, 15) is 9.50 Å². The standard InChI is InChI=1S/C9H15FN4O/c1-9(2,15)5-13-7-6(10)4-12-8(11-3)14-7/h4,15H,5H2,1-3H3,(H2,11,12,13,14). The van der Waals surface area contributed by atoms with Crippen LogP contribution in [0.15, 0.2) is 6.20 Å². The molecular weight excluding hydrogens is 199 g/mol. The SMILES string of the molecule is CNc1ncc(F)c(NCC(C)(C)O)n1. The number of halogens is 1. The van der Waals surface area contributed by atoms with Gasteiger partial charge in [0.15, 0.2) is 11.6 Å². The minimum absolute atomic E-state index is 0.0801. The zero-order valence-electron chi connectivity index (χ0n) is 9.00. The van der Waals surface area contributed by atoms with Crippen molar-refractivity contribution in [1.29, 1.82) is 0 Å². The number of aromatic nitrogens is 2. The van der Waals surface area contributed by atoms with Crippen LogP contribution in [-0.2, 0) is 0 Å². The highest BCUT2D eigenvalue weighted by molar-refractivity contribution is 5.40. The van der Waals surface area contributed by atoms with Gasteiger partial charge in [-0.2, -0.15) is 4.98 Å². The van der Waals surface area contributed by atoms with E-state index in [0.717, 1.165) is 6.20 Å². The van der Waals surface area contributed by atoms with E-state index in [1.54, 1.807) is 20.9 Å². The summed E-state index contributed by atoms with van der Waals surface area (Å²) in [6, 6.07) is 0. The van der Waals surface area contributed by atoms with E-state index in [0.29, 0.717) is 5.95 Å². The Bertz CT molecular complexity index is 337. The van der Waals surface area contributed by atoms with Gasteiger partial charge in [0.1, 0.15) is 0 Å². The summed E-state index contributed by atoms with van der Waals surface area (Å²) in [6.45, 7) is 3.46. The molecule has 0 fully saturated rings. The van der Waals surface area contributed by atoms with Crippen LogP contribution in [0.1, 0.15) is 13.8 Å². The zero-order chi connectivity index (χ0) is 11.5. The van der Waals surface area contributed by atoms with Gasteiger partial charge in [-0.25, -0.2) is 9.37 Å². The summed E-state index contributed by atoms with van der Waals surface area (Å²) in [5, 5.41) is 14.9. The van der Waals surface area contributed by atoms with E-state index in [-0.39, 0.29) is 12.4 Å². The quantitative estimate of drug-likeness (QED) is 0.693. The van der Waals surface area contributed by atoms with Crippen molar-refractivity contribution in [3.63, 3.8) is 0 Å². The number of hydrogen-bond acceptors (Lipinski definition) is 5. The predicted octanol–water partition coefficient (Wildman–Crippen LogP) is 0.840. The highest BCUT2D eigenvalue weighted by Gasteiger charge is 2.14. The molecule has 0 bridgehead atoms. The van der Waals surface area contributed by atoms with Crippen molar-refractivity contribution in [2.24, 2.45) is 0 Å². The van der Waals surface area contributed by atoms with E-state index < -0.39 is 11.4 Å². The molecule has 0 atom stereocenters. The molecule has 0 saturated heterocycles. The molecular formula is C9H15FN4O. The highest BCUT2D eigenvalue weighted by Crippen LogP contribution is 2.12. The van der Waals surface area contributed by atoms with Gasteiger partial charge in [-0.15, -0.1) is 0 Å². The van der Waals surface area contributed by atoms with Crippen LogP contribution >= 0.6 is 0 Å². The van der Waals surface area contributed by atoms with Crippen molar-refractivity contribution in [1.82, 2.24) is 9.97 Å². The molecule has 1 heterocycles. The van der Waals surface area contributed by atoms with Crippen molar-refractivity contribution in [3.05, 3.63) is 12.0 Å². The predicted molar refractivity (Wildman–Crippen MR) is 56.3 cm³/mol. The van der Waals surface area contributed by atoms with Crippen LogP contribution < -0.4 is 10.6 Å². The maximum atomic E-state index is 13.2. The fraction of sp³-hybridized carbons (Fsp3) is 0.556. The van der Waals surface area contributed by atoms with Gasteiger partial charge in [0.05, 0.1) is 11.8 Å². The van der Waals surface area contributed by atoms with Gasteiger partial charge in [-0.3, -0.25) is 0 Å². The summed E-state index contributed by atoms with van der Waals surface area (Å²) in [6.07, 6.45) is 1.07. The fourth-order valence-electron chi connectivity index (χ4n) is 0.912. The lowest BCUT2D eigenvalue weighted by molar-refractivity contribution is 0.0943. The Morgan fingerprint density at radius 3 is 2.73 bits per heavy atom. The van der Waals surface area contributed by atoms with E-state index in [1.807, 2.05) is 0 Å². The average Bonchev–Trinajstić information content (AvgIpc) is 2.15. The van der Waals surface area contributed by atoms with E-state index in [4.69, 9.17) is 0 Å². The van der Waals surface area contributed by atoms with E-state index in [1.165, 1.54) is 0 Å². The minimum Gasteiger partial charge on any atom is -0.389 e. The molecule has 0 aromatic carbocycles. The monoisotopic (exact) mass is 214 g/mol. The van der Waals surface area contributed by atoms with Crippen LogP contribution in [0.25, 0.3) is 0 Å². The topological polar surface area (TPSA) is 70.1 Å². The fourth-order valence-corrected chi connectivity index (χ4v) is 0.912. The second-order valence-corrected chi connectivity index (χ2v) is 3.81. The lowest BCUT2D eigenvalue weighted by Gasteiger charge is -2.18. The molecule has 1 aromatic rings. The zero-order valence-corrected chi connectivity index (χ0v) is 9.00. The number of nitrogens with zero attached hydrogens (tertiary/aromatic N) is 2. The van der Waals surface area contributed by atoms with Crippen molar-refractivity contribution in [2.75, 3.05) is 24.2 Å². The normalized spacial score (nSPS) is 11.3. The van der Waals surface area contributed by atoms with Gasteiger partial charge < -0.3 is 15.7 Å². The summed E-state index contributed by atoms with van der Waals surface area (Å²) in [5.74, 6) is -0.135. The maximum absolute atomic E-state index is 13.2. The first-order valence-corrected chi connectivity index (χ1v) is 4.59. The number of hydrogen-bond donors (Lipinski definition) is 3. The number of aliphatic hydroxyl groups is 1. The Morgan fingerprint density at radius 2 is 2.20 bits per heavy atom. The van der Waals surface area contributed by atoms with Crippen LogP contribution in [0.3, 0.4) is 0 Å². The molecule has 0 spiro atoms. The van der Waals surface area contributed by atoms with Gasteiger partial charge >= 0.3 is 0 Å². The molecule has 84 valence electrons. The van der Waals surface area contributed by atoms with Gasteiger partial charge in [0, 0.05) is 13.6 Å². The molecule has 1 aromatic heterocycles. The molecule has 3 N–H and O–H groups in total. The second-order valence-electron chi connectivity index (χ2n) is 3.81. The Kier molecular flexibility index (Phi) is 3.41. The Morgan fingerprint density at radius 1 is 1.53 bits per heavy atom. The lowest BCUT2D eigenvalue weighted by Crippen LogP contribution is -2.30. The average molecular weight is 214 g/mol. The first-order chi connectivity index (χ1) is 6.92. The van der Waals surface area contributed by atoms with Crippen molar-refractivity contribution in [3.8, 4) is 0 Å². The number of nitrogens with one attached hydrogen (secondary N) is 2. The molecule has 0 aliphatic heterocycles. The van der Waals surface area contributed by atoms with Crippen molar-refractivity contribution in [2.45, 2.75) is 19.4 Å². The van der Waals surface area contributed by atoms with Crippen LogP contribution in [0.4, 0.5) is 16.2 Å².